The number of carbonyl (C=O) groups excluding carboxylic acids is 7. The summed E-state index contributed by atoms with van der Waals surface area (Å²) in [6, 6.07) is -1.56. The van der Waals surface area contributed by atoms with E-state index in [0.29, 0.717) is 19.3 Å². The van der Waals surface area contributed by atoms with Crippen LogP contribution in [0.2, 0.25) is 0 Å². The molecule has 0 radical (unpaired) electrons. The molecule has 1 unspecified atom stereocenters. The van der Waals surface area contributed by atoms with E-state index in [0.717, 1.165) is 11.8 Å². The number of nitrogens with one attached hydrogen (secondary N) is 2. The van der Waals surface area contributed by atoms with Gasteiger partial charge in [-0.25, -0.2) is 9.59 Å². The fourth-order valence-electron chi connectivity index (χ4n) is 5.78. The summed E-state index contributed by atoms with van der Waals surface area (Å²) >= 11 is 0. The number of aliphatic hydroxyl groups excluding tert-OH is 1. The average Bonchev–Trinajstić information content (AvgIpc) is 3.14. The van der Waals surface area contributed by atoms with Gasteiger partial charge in [0.25, 0.3) is 0 Å². The minimum atomic E-state index is -2.21. The second-order valence-corrected chi connectivity index (χ2v) is 13.3. The second kappa shape index (κ2) is 22.5. The molecular formula is C35H53N7O14. The van der Waals surface area contributed by atoms with E-state index in [9.17, 15) is 48.6 Å². The first-order chi connectivity index (χ1) is 26.4. The van der Waals surface area contributed by atoms with Gasteiger partial charge in [-0.1, -0.05) is 6.92 Å². The number of carboxylic acid groups (broad SMARTS) is 1. The fraction of sp³-hybridized carbons (Fsp3) is 0.629. The molecule has 2 heterocycles. The Kier molecular flexibility index (Phi) is 18.9. The van der Waals surface area contributed by atoms with E-state index in [1.165, 1.54) is 38.4 Å². The minimum absolute atomic E-state index is 0.0170. The summed E-state index contributed by atoms with van der Waals surface area (Å²) in [6.07, 6.45) is -4.53. The van der Waals surface area contributed by atoms with Gasteiger partial charge in [-0.3, -0.25) is 33.8 Å². The first kappa shape index (κ1) is 47.1. The highest BCUT2D eigenvalue weighted by Gasteiger charge is 2.50. The van der Waals surface area contributed by atoms with Crippen molar-refractivity contribution in [3.05, 3.63) is 24.5 Å². The van der Waals surface area contributed by atoms with Crippen LogP contribution in [0, 0.1) is 0 Å². The van der Waals surface area contributed by atoms with Gasteiger partial charge in [-0.05, 0) is 58.1 Å². The van der Waals surface area contributed by atoms with Crippen LogP contribution in [-0.2, 0) is 52.6 Å². The van der Waals surface area contributed by atoms with Gasteiger partial charge in [0.1, 0.15) is 42.8 Å². The van der Waals surface area contributed by atoms with E-state index in [2.05, 4.69) is 15.6 Å². The summed E-state index contributed by atoms with van der Waals surface area (Å²) in [5.74, 6) is -6.78. The molecule has 9 atom stereocenters. The smallest absolute Gasteiger partial charge is 0.339 e. The lowest BCUT2D eigenvalue weighted by Crippen LogP contribution is -2.70. The zero-order valence-corrected chi connectivity index (χ0v) is 31.8. The quantitative estimate of drug-likeness (QED) is 0.0252. The van der Waals surface area contributed by atoms with Crippen LogP contribution < -0.4 is 32.6 Å². The molecule has 1 aliphatic heterocycles. The molecule has 21 heteroatoms. The predicted molar refractivity (Wildman–Crippen MR) is 193 cm³/mol. The molecule has 0 saturated carbocycles. The molecule has 4 amide bonds. The summed E-state index contributed by atoms with van der Waals surface area (Å²) in [5.41, 5.74) is 16.1. The molecule has 0 bridgehead atoms. The summed E-state index contributed by atoms with van der Waals surface area (Å²) in [7, 11) is 0. The fourth-order valence-corrected chi connectivity index (χ4v) is 5.78. The van der Waals surface area contributed by atoms with Gasteiger partial charge in [0.2, 0.25) is 24.1 Å². The van der Waals surface area contributed by atoms with Crippen LogP contribution in [-0.4, -0.2) is 135 Å². The molecule has 2 rings (SSSR count). The lowest BCUT2D eigenvalue weighted by atomic mass is 9.86. The number of aromatic nitrogens is 1. The largest absolute Gasteiger partial charge is 0.479 e. The van der Waals surface area contributed by atoms with Crippen molar-refractivity contribution >= 4 is 47.8 Å². The number of aliphatic carboxylic acids is 1. The first-order valence-corrected chi connectivity index (χ1v) is 18.0. The van der Waals surface area contributed by atoms with E-state index in [4.69, 9.17) is 36.1 Å². The zero-order chi connectivity index (χ0) is 42.2. The third kappa shape index (κ3) is 13.3. The number of aliphatic hydroxyl groups is 1. The topological polar surface area (TPSA) is 332 Å². The van der Waals surface area contributed by atoms with E-state index >= 15 is 0 Å². The van der Waals surface area contributed by atoms with Gasteiger partial charge in [-0.15, -0.1) is 0 Å². The lowest BCUT2D eigenvalue weighted by Gasteiger charge is -2.48. The summed E-state index contributed by atoms with van der Waals surface area (Å²) < 4.78 is 22.0. The number of primary amides is 1. The Morgan fingerprint density at radius 3 is 2.41 bits per heavy atom. The summed E-state index contributed by atoms with van der Waals surface area (Å²) in [6.45, 7) is 4.96. The van der Waals surface area contributed by atoms with Gasteiger partial charge in [0, 0.05) is 32.5 Å². The van der Waals surface area contributed by atoms with E-state index in [-0.39, 0.29) is 31.6 Å². The van der Waals surface area contributed by atoms with Gasteiger partial charge >= 0.3 is 17.9 Å². The highest BCUT2D eigenvalue weighted by molar-refractivity contribution is 6.09. The van der Waals surface area contributed by atoms with Crippen LogP contribution in [0.3, 0.4) is 0 Å². The second-order valence-electron chi connectivity index (χ2n) is 13.3. The monoisotopic (exact) mass is 795 g/mol. The number of Topliss-reactive ketones (excluding diaryl/α,β-unsaturated/α-hetero) is 1. The van der Waals surface area contributed by atoms with Crippen LogP contribution in [0.25, 0.3) is 0 Å². The van der Waals surface area contributed by atoms with E-state index in [1.807, 2.05) is 0 Å². The van der Waals surface area contributed by atoms with Crippen LogP contribution in [0.5, 0.6) is 5.75 Å². The molecule has 0 aromatic carbocycles. The number of nitrogens with two attached hydrogens (primary N) is 3. The van der Waals surface area contributed by atoms with Crippen LogP contribution in [0.1, 0.15) is 72.6 Å². The predicted octanol–water partition coefficient (Wildman–Crippen LogP) is -2.23. The third-order valence-corrected chi connectivity index (χ3v) is 9.00. The number of rotatable bonds is 24. The van der Waals surface area contributed by atoms with Crippen molar-refractivity contribution in [1.29, 1.82) is 0 Å². The first-order valence-electron chi connectivity index (χ1n) is 18.0. The number of carboxylic acids is 1. The van der Waals surface area contributed by atoms with Crippen molar-refractivity contribution in [2.24, 2.45) is 17.2 Å². The molecule has 1 aromatic rings. The van der Waals surface area contributed by atoms with E-state index in [1.54, 1.807) is 6.92 Å². The van der Waals surface area contributed by atoms with Gasteiger partial charge in [0.05, 0.1) is 12.2 Å². The van der Waals surface area contributed by atoms with Crippen LogP contribution in [0.4, 0.5) is 0 Å². The molecule has 21 nitrogen and oxygen atoms in total. The average molecular weight is 796 g/mol. The number of hydrogen-bond donors (Lipinski definition) is 7. The zero-order valence-electron chi connectivity index (χ0n) is 31.8. The molecule has 56 heavy (non-hydrogen) atoms. The maximum atomic E-state index is 13.7. The maximum absolute atomic E-state index is 13.7. The highest BCUT2D eigenvalue weighted by Crippen LogP contribution is 2.28. The number of unbranched alkanes of at least 4 members (excludes halogenated alkanes) is 1. The molecule has 0 spiro atoms. The van der Waals surface area contributed by atoms with Crippen molar-refractivity contribution in [3.63, 3.8) is 0 Å². The Bertz CT molecular complexity index is 1530. The van der Waals surface area contributed by atoms with Crippen molar-refractivity contribution in [3.8, 4) is 5.75 Å². The van der Waals surface area contributed by atoms with Gasteiger partial charge in [0.15, 0.2) is 23.7 Å². The normalized spacial score (nSPS) is 21.9. The number of esters is 2. The lowest BCUT2D eigenvalue weighted by molar-refractivity contribution is -0.247. The number of pyridine rings is 1. The van der Waals surface area contributed by atoms with Crippen LogP contribution in [0.15, 0.2) is 24.5 Å². The number of hydrogen-bond acceptors (Lipinski definition) is 16. The molecule has 1 fully saturated rings. The molecule has 1 saturated heterocycles. The van der Waals surface area contributed by atoms with Gasteiger partial charge < -0.3 is 61.9 Å². The Balaban J connectivity index is 2.30. The Morgan fingerprint density at radius 2 is 1.84 bits per heavy atom. The summed E-state index contributed by atoms with van der Waals surface area (Å²) in [4.78, 5) is 105. The van der Waals surface area contributed by atoms with Gasteiger partial charge in [-0.2, -0.15) is 0 Å². The van der Waals surface area contributed by atoms with Crippen molar-refractivity contribution in [1.82, 2.24) is 20.5 Å². The number of amides is 4. The molecule has 10 N–H and O–H groups in total. The molecule has 1 aliphatic rings. The summed E-state index contributed by atoms with van der Waals surface area (Å²) in [5, 5.41) is 25.4. The Morgan fingerprint density at radius 1 is 1.14 bits per heavy atom. The number of ketones is 1. The number of nitrogens with zero attached hydrogens (tertiary/aromatic N) is 2. The Labute approximate surface area is 323 Å². The molecule has 0 aliphatic carbocycles. The van der Waals surface area contributed by atoms with Crippen molar-refractivity contribution in [2.75, 3.05) is 13.2 Å². The highest BCUT2D eigenvalue weighted by atomic mass is 16.6. The number of carbonyl (C=O) groups is 8. The minimum Gasteiger partial charge on any atom is -0.479 e. The molecule has 1 aromatic heterocycles. The molecule has 312 valence electrons. The third-order valence-electron chi connectivity index (χ3n) is 9.00. The molecular weight excluding hydrogens is 742 g/mol. The van der Waals surface area contributed by atoms with Crippen molar-refractivity contribution < 1.29 is 67.5 Å². The number of ether oxygens (including phenoxy) is 4. The maximum Gasteiger partial charge on any atom is 0.339 e. The standard InChI is InChI=1S/C35H53N7O14/c1-5-9-26(46)53-17-24-28(47)29(54-20(3)33(50)51)27(36)32(56-24)42(21(4)44)19(2)31(49)41-23(30(37)48)11-12-25(45)35(38,13-6-7-14-40-18-43)34(52)55-22-10-8-15-39-16-22/h8,10,15-16,18-20,23-24,27-29,32,47H,5-7,9,11-14,17,36,38H2,1-4H3,(H2,37,48)(H,40,43)(H,41,49)(H,50,51)/t19-,20+,23+,24+,27+,28+,29+,32?,35+/m0/s1. The van der Waals surface area contributed by atoms with E-state index < -0.39 is 115 Å². The SMILES string of the molecule is CCCC(=O)OC[C@H]1OC(N(C(C)=O)[C@@H](C)C(=O)N[C@H](CCC(=O)[C@](N)(CCCCNC=O)C(=O)Oc2cccnc2)C(N)=O)[C@H](N)[C@@H](O[C@H](C)C(=O)O)[C@@H]1O. The Hall–Kier alpha value is -5.09. The van der Waals surface area contributed by atoms with Crippen molar-refractivity contribution in [2.45, 2.75) is 127 Å². The van der Waals surface area contributed by atoms with Crippen LogP contribution >= 0.6 is 0 Å².